The van der Waals surface area contributed by atoms with Crippen molar-refractivity contribution in [1.82, 2.24) is 0 Å². The second-order valence-corrected chi connectivity index (χ2v) is 3.95. The molecule has 1 nitrogen and oxygen atoms in total. The number of ether oxygens (including phenoxy) is 1. The SMILES string of the molecule is Cc1cc(F)c(F)cc1OCc1ccc(F)cc1. The fourth-order valence-corrected chi connectivity index (χ4v) is 1.53. The highest BCUT2D eigenvalue weighted by molar-refractivity contribution is 5.33. The van der Waals surface area contributed by atoms with E-state index in [1.807, 2.05) is 0 Å². The molecule has 0 radical (unpaired) electrons. The molecule has 0 saturated heterocycles. The third-order valence-corrected chi connectivity index (χ3v) is 2.53. The zero-order valence-corrected chi connectivity index (χ0v) is 9.71. The third kappa shape index (κ3) is 2.83. The third-order valence-electron chi connectivity index (χ3n) is 2.53. The van der Waals surface area contributed by atoms with Crippen LogP contribution in [-0.4, -0.2) is 0 Å². The van der Waals surface area contributed by atoms with Gasteiger partial charge in [-0.2, -0.15) is 0 Å². The van der Waals surface area contributed by atoms with Crippen molar-refractivity contribution in [3.05, 3.63) is 65.0 Å². The zero-order chi connectivity index (χ0) is 13.1. The van der Waals surface area contributed by atoms with E-state index in [0.29, 0.717) is 5.56 Å². The molecule has 0 saturated carbocycles. The lowest BCUT2D eigenvalue weighted by Crippen LogP contribution is -1.99. The molecule has 18 heavy (non-hydrogen) atoms. The van der Waals surface area contributed by atoms with Gasteiger partial charge >= 0.3 is 0 Å². The van der Waals surface area contributed by atoms with E-state index in [1.54, 1.807) is 19.1 Å². The maximum absolute atomic E-state index is 13.0. The summed E-state index contributed by atoms with van der Waals surface area (Å²) < 4.78 is 44.0. The van der Waals surface area contributed by atoms with Crippen LogP contribution in [0.5, 0.6) is 5.75 Å². The van der Waals surface area contributed by atoms with Crippen molar-refractivity contribution in [2.24, 2.45) is 0 Å². The minimum absolute atomic E-state index is 0.173. The van der Waals surface area contributed by atoms with Gasteiger partial charge in [-0.25, -0.2) is 13.2 Å². The Labute approximate surface area is 103 Å². The van der Waals surface area contributed by atoms with Gasteiger partial charge in [0.25, 0.3) is 0 Å². The van der Waals surface area contributed by atoms with Crippen LogP contribution in [0.1, 0.15) is 11.1 Å². The molecule has 0 atom stereocenters. The van der Waals surface area contributed by atoms with Crippen molar-refractivity contribution < 1.29 is 17.9 Å². The Morgan fingerprint density at radius 3 is 2.22 bits per heavy atom. The first-order chi connectivity index (χ1) is 8.56. The van der Waals surface area contributed by atoms with Gasteiger partial charge in [0.15, 0.2) is 11.6 Å². The summed E-state index contributed by atoms with van der Waals surface area (Å²) in [6.45, 7) is 1.80. The number of rotatable bonds is 3. The Morgan fingerprint density at radius 2 is 1.56 bits per heavy atom. The Kier molecular flexibility index (Phi) is 3.55. The molecule has 0 spiro atoms. The van der Waals surface area contributed by atoms with Gasteiger partial charge in [0.1, 0.15) is 18.2 Å². The Hall–Kier alpha value is -1.97. The summed E-state index contributed by atoms with van der Waals surface area (Å²) in [4.78, 5) is 0. The quantitative estimate of drug-likeness (QED) is 0.802. The molecule has 0 aliphatic carbocycles. The van der Waals surface area contributed by atoms with Gasteiger partial charge in [-0.1, -0.05) is 12.1 Å². The monoisotopic (exact) mass is 252 g/mol. The first kappa shape index (κ1) is 12.5. The zero-order valence-electron chi connectivity index (χ0n) is 9.71. The smallest absolute Gasteiger partial charge is 0.162 e. The van der Waals surface area contributed by atoms with Gasteiger partial charge in [-0.15, -0.1) is 0 Å². The van der Waals surface area contributed by atoms with Crippen LogP contribution in [-0.2, 0) is 6.61 Å². The molecule has 0 aliphatic rings. The number of hydrogen-bond acceptors (Lipinski definition) is 1. The average Bonchev–Trinajstić information content (AvgIpc) is 2.34. The molecule has 2 aromatic rings. The molecular weight excluding hydrogens is 241 g/mol. The molecule has 2 rings (SSSR count). The van der Waals surface area contributed by atoms with Gasteiger partial charge in [0.2, 0.25) is 0 Å². The van der Waals surface area contributed by atoms with E-state index in [4.69, 9.17) is 4.74 Å². The number of aryl methyl sites for hydroxylation is 1. The van der Waals surface area contributed by atoms with Crippen LogP contribution in [0, 0.1) is 24.4 Å². The second-order valence-electron chi connectivity index (χ2n) is 3.95. The van der Waals surface area contributed by atoms with Crippen LogP contribution in [0.4, 0.5) is 13.2 Å². The van der Waals surface area contributed by atoms with Crippen LogP contribution < -0.4 is 4.74 Å². The van der Waals surface area contributed by atoms with Crippen LogP contribution in [0.2, 0.25) is 0 Å². The minimum Gasteiger partial charge on any atom is -0.489 e. The lowest BCUT2D eigenvalue weighted by atomic mass is 10.2. The molecule has 0 amide bonds. The van der Waals surface area contributed by atoms with Crippen molar-refractivity contribution in [2.75, 3.05) is 0 Å². The lowest BCUT2D eigenvalue weighted by Gasteiger charge is -2.09. The van der Waals surface area contributed by atoms with Crippen LogP contribution in [0.15, 0.2) is 36.4 Å². The predicted molar refractivity (Wildman–Crippen MR) is 61.8 cm³/mol. The first-order valence-electron chi connectivity index (χ1n) is 5.39. The second kappa shape index (κ2) is 5.12. The van der Waals surface area contributed by atoms with E-state index in [-0.39, 0.29) is 18.2 Å². The summed E-state index contributed by atoms with van der Waals surface area (Å²) in [5.41, 5.74) is 1.26. The average molecular weight is 252 g/mol. The van der Waals surface area contributed by atoms with Gasteiger partial charge in [-0.3, -0.25) is 0 Å². The maximum atomic E-state index is 13.0. The number of benzene rings is 2. The molecule has 0 aromatic heterocycles. The topological polar surface area (TPSA) is 9.23 Å². The van der Waals surface area contributed by atoms with Crippen molar-refractivity contribution in [1.29, 1.82) is 0 Å². The van der Waals surface area contributed by atoms with Gasteiger partial charge in [0, 0.05) is 6.07 Å². The maximum Gasteiger partial charge on any atom is 0.162 e. The Bertz CT molecular complexity index is 550. The number of halogens is 3. The van der Waals surface area contributed by atoms with E-state index in [1.165, 1.54) is 12.1 Å². The molecule has 0 bridgehead atoms. The standard InChI is InChI=1S/C14H11F3O/c1-9-6-12(16)13(17)7-14(9)18-8-10-2-4-11(15)5-3-10/h2-7H,8H2,1H3. The molecule has 4 heteroatoms. The van der Waals surface area contributed by atoms with Crippen LogP contribution in [0.25, 0.3) is 0 Å². The molecule has 0 N–H and O–H groups in total. The lowest BCUT2D eigenvalue weighted by molar-refractivity contribution is 0.301. The summed E-state index contributed by atoms with van der Waals surface area (Å²) >= 11 is 0. The van der Waals surface area contributed by atoms with Gasteiger partial charge < -0.3 is 4.74 Å². The largest absolute Gasteiger partial charge is 0.489 e. The summed E-state index contributed by atoms with van der Waals surface area (Å²) in [7, 11) is 0. The van der Waals surface area contributed by atoms with Gasteiger partial charge in [-0.05, 0) is 36.2 Å². The molecule has 0 fully saturated rings. The highest BCUT2D eigenvalue weighted by Gasteiger charge is 2.08. The normalized spacial score (nSPS) is 10.4. The molecule has 0 heterocycles. The van der Waals surface area contributed by atoms with E-state index in [2.05, 4.69) is 0 Å². The van der Waals surface area contributed by atoms with Crippen molar-refractivity contribution in [3.63, 3.8) is 0 Å². The minimum atomic E-state index is -0.949. The highest BCUT2D eigenvalue weighted by Crippen LogP contribution is 2.22. The highest BCUT2D eigenvalue weighted by atomic mass is 19.2. The Balaban J connectivity index is 2.10. The van der Waals surface area contributed by atoms with Crippen molar-refractivity contribution in [3.8, 4) is 5.75 Å². The van der Waals surface area contributed by atoms with Crippen molar-refractivity contribution in [2.45, 2.75) is 13.5 Å². The molecule has 0 aliphatic heterocycles. The summed E-state index contributed by atoms with van der Waals surface area (Å²) in [5.74, 6) is -1.91. The van der Waals surface area contributed by atoms with E-state index in [9.17, 15) is 13.2 Å². The fourth-order valence-electron chi connectivity index (χ4n) is 1.53. The summed E-state index contributed by atoms with van der Waals surface area (Å²) in [6.07, 6.45) is 0. The molecule has 94 valence electrons. The fraction of sp³-hybridized carbons (Fsp3) is 0.143. The molecule has 2 aromatic carbocycles. The van der Waals surface area contributed by atoms with E-state index < -0.39 is 11.6 Å². The van der Waals surface area contributed by atoms with Crippen LogP contribution >= 0.6 is 0 Å². The van der Waals surface area contributed by atoms with Crippen molar-refractivity contribution >= 4 is 0 Å². The summed E-state index contributed by atoms with van der Waals surface area (Å²) in [6, 6.07) is 7.87. The summed E-state index contributed by atoms with van der Waals surface area (Å²) in [5, 5.41) is 0. The molecular formula is C14H11F3O. The predicted octanol–water partition coefficient (Wildman–Crippen LogP) is 3.99. The van der Waals surface area contributed by atoms with E-state index in [0.717, 1.165) is 17.7 Å². The van der Waals surface area contributed by atoms with Gasteiger partial charge in [0.05, 0.1) is 0 Å². The van der Waals surface area contributed by atoms with E-state index >= 15 is 0 Å². The first-order valence-corrected chi connectivity index (χ1v) is 5.39. The number of hydrogen-bond donors (Lipinski definition) is 0. The Morgan fingerprint density at radius 1 is 0.944 bits per heavy atom. The van der Waals surface area contributed by atoms with Crippen LogP contribution in [0.3, 0.4) is 0 Å². The molecule has 0 unspecified atom stereocenters.